The summed E-state index contributed by atoms with van der Waals surface area (Å²) in [6, 6.07) is 3.97. The maximum atomic E-state index is 11.4. The van der Waals surface area contributed by atoms with Crippen LogP contribution in [0.5, 0.6) is 0 Å². The van der Waals surface area contributed by atoms with Crippen LogP contribution in [0, 0.1) is 0 Å². The second-order valence-electron chi connectivity index (χ2n) is 3.76. The Labute approximate surface area is 97.5 Å². The summed E-state index contributed by atoms with van der Waals surface area (Å²) in [6.45, 7) is 1.99. The molecule has 0 saturated heterocycles. The highest BCUT2D eigenvalue weighted by Crippen LogP contribution is 2.25. The van der Waals surface area contributed by atoms with E-state index in [0.29, 0.717) is 5.02 Å². The Bertz CT molecular complexity index is 406. The van der Waals surface area contributed by atoms with Crippen LogP contribution in [0.1, 0.15) is 11.1 Å². The van der Waals surface area contributed by atoms with Crippen LogP contribution in [0.25, 0.3) is 0 Å². The van der Waals surface area contributed by atoms with Gasteiger partial charge >= 0.3 is 0 Å². The highest BCUT2D eigenvalue weighted by molar-refractivity contribution is 7.84. The average Bonchev–Trinajstić information content (AvgIpc) is 2.40. The van der Waals surface area contributed by atoms with Crippen LogP contribution in [-0.2, 0) is 23.6 Å². The van der Waals surface area contributed by atoms with Gasteiger partial charge in [-0.05, 0) is 49.2 Å². The molecule has 1 aliphatic rings. The molecule has 0 saturated carbocycles. The second kappa shape index (κ2) is 4.64. The molecular weight excluding hydrogens is 230 g/mol. The average molecular weight is 244 g/mol. The standard InChI is InChI=1S/C11H14ClNOS/c1-15(14)11-7-9-3-5-13-4-2-8(9)6-10(11)12/h6-7,13H,2-5H2,1H3. The summed E-state index contributed by atoms with van der Waals surface area (Å²) in [6.07, 6.45) is 3.67. The normalized spacial score (nSPS) is 18.0. The van der Waals surface area contributed by atoms with Crippen LogP contribution in [-0.4, -0.2) is 23.6 Å². The second-order valence-corrected chi connectivity index (χ2v) is 5.51. The number of rotatable bonds is 1. The van der Waals surface area contributed by atoms with E-state index in [2.05, 4.69) is 5.32 Å². The summed E-state index contributed by atoms with van der Waals surface area (Å²) < 4.78 is 11.4. The smallest absolute Gasteiger partial charge is 0.0574 e. The molecule has 0 amide bonds. The van der Waals surface area contributed by atoms with Crippen LogP contribution in [0.3, 0.4) is 0 Å². The lowest BCUT2D eigenvalue weighted by atomic mass is 10.0. The Morgan fingerprint density at radius 2 is 1.87 bits per heavy atom. The van der Waals surface area contributed by atoms with Crippen molar-refractivity contribution in [1.82, 2.24) is 5.32 Å². The molecule has 0 spiro atoms. The molecule has 1 atom stereocenters. The van der Waals surface area contributed by atoms with Crippen molar-refractivity contribution in [2.45, 2.75) is 17.7 Å². The van der Waals surface area contributed by atoms with Gasteiger partial charge in [-0.3, -0.25) is 4.21 Å². The third-order valence-electron chi connectivity index (χ3n) is 2.71. The summed E-state index contributed by atoms with van der Waals surface area (Å²) in [5.74, 6) is 0. The van der Waals surface area contributed by atoms with Crippen molar-refractivity contribution in [2.24, 2.45) is 0 Å². The van der Waals surface area contributed by atoms with E-state index in [1.807, 2.05) is 12.1 Å². The number of halogens is 1. The fourth-order valence-electron chi connectivity index (χ4n) is 1.89. The van der Waals surface area contributed by atoms with E-state index in [1.54, 1.807) is 6.26 Å². The number of hydrogen-bond acceptors (Lipinski definition) is 2. The van der Waals surface area contributed by atoms with Crippen molar-refractivity contribution in [3.63, 3.8) is 0 Å². The van der Waals surface area contributed by atoms with Gasteiger partial charge in [0.25, 0.3) is 0 Å². The van der Waals surface area contributed by atoms with Crippen LogP contribution in [0.2, 0.25) is 5.02 Å². The lowest BCUT2D eigenvalue weighted by Crippen LogP contribution is -2.16. The minimum atomic E-state index is -0.997. The summed E-state index contributed by atoms with van der Waals surface area (Å²) >= 11 is 6.10. The molecular formula is C11H14ClNOS. The van der Waals surface area contributed by atoms with E-state index in [9.17, 15) is 4.21 Å². The lowest BCUT2D eigenvalue weighted by Gasteiger charge is -2.09. The zero-order valence-corrected chi connectivity index (χ0v) is 10.3. The molecule has 1 aliphatic heterocycles. The van der Waals surface area contributed by atoms with Crippen molar-refractivity contribution in [1.29, 1.82) is 0 Å². The van der Waals surface area contributed by atoms with Crippen LogP contribution < -0.4 is 5.32 Å². The first-order valence-corrected chi connectivity index (χ1v) is 6.97. The molecule has 0 aromatic heterocycles. The Kier molecular flexibility index (Phi) is 3.44. The molecule has 1 heterocycles. The molecule has 0 radical (unpaired) electrons. The lowest BCUT2D eigenvalue weighted by molar-refractivity contribution is 0.686. The zero-order valence-electron chi connectivity index (χ0n) is 8.68. The van der Waals surface area contributed by atoms with Gasteiger partial charge in [-0.25, -0.2) is 0 Å². The Morgan fingerprint density at radius 1 is 1.27 bits per heavy atom. The Balaban J connectivity index is 2.47. The van der Waals surface area contributed by atoms with Gasteiger partial charge in [-0.1, -0.05) is 11.6 Å². The van der Waals surface area contributed by atoms with E-state index in [1.165, 1.54) is 11.1 Å². The number of hydrogen-bond donors (Lipinski definition) is 1. The van der Waals surface area contributed by atoms with Crippen molar-refractivity contribution >= 4 is 22.4 Å². The third kappa shape index (κ3) is 2.41. The van der Waals surface area contributed by atoms with E-state index < -0.39 is 10.8 Å². The first-order chi connectivity index (χ1) is 7.18. The summed E-state index contributed by atoms with van der Waals surface area (Å²) in [4.78, 5) is 0.761. The predicted octanol–water partition coefficient (Wildman–Crippen LogP) is 1.77. The van der Waals surface area contributed by atoms with Crippen LogP contribution in [0.4, 0.5) is 0 Å². The largest absolute Gasteiger partial charge is 0.316 e. The molecule has 0 aliphatic carbocycles. The topological polar surface area (TPSA) is 29.1 Å². The monoisotopic (exact) mass is 243 g/mol. The highest BCUT2D eigenvalue weighted by Gasteiger charge is 2.12. The van der Waals surface area contributed by atoms with Gasteiger partial charge in [0, 0.05) is 6.26 Å². The van der Waals surface area contributed by atoms with E-state index in [0.717, 1.165) is 30.8 Å². The minimum absolute atomic E-state index is 0.636. The van der Waals surface area contributed by atoms with Gasteiger partial charge in [0.2, 0.25) is 0 Å². The van der Waals surface area contributed by atoms with Crippen LogP contribution >= 0.6 is 11.6 Å². The van der Waals surface area contributed by atoms with Gasteiger partial charge in [0.15, 0.2) is 0 Å². The fraction of sp³-hybridized carbons (Fsp3) is 0.455. The number of fused-ring (bicyclic) bond motifs is 1. The number of benzene rings is 1. The predicted molar refractivity (Wildman–Crippen MR) is 64.1 cm³/mol. The minimum Gasteiger partial charge on any atom is -0.316 e. The third-order valence-corrected chi connectivity index (χ3v) is 4.09. The molecule has 2 rings (SSSR count). The number of nitrogens with one attached hydrogen (secondary N) is 1. The Morgan fingerprint density at radius 3 is 2.47 bits per heavy atom. The molecule has 82 valence electrons. The Hall–Kier alpha value is -0.380. The van der Waals surface area contributed by atoms with Crippen molar-refractivity contribution in [3.05, 3.63) is 28.3 Å². The quantitative estimate of drug-likeness (QED) is 0.815. The van der Waals surface area contributed by atoms with Gasteiger partial charge in [0.1, 0.15) is 0 Å². The van der Waals surface area contributed by atoms with E-state index in [4.69, 9.17) is 11.6 Å². The van der Waals surface area contributed by atoms with Gasteiger partial charge in [-0.15, -0.1) is 0 Å². The van der Waals surface area contributed by atoms with Crippen molar-refractivity contribution < 1.29 is 4.21 Å². The highest BCUT2D eigenvalue weighted by atomic mass is 35.5. The molecule has 1 unspecified atom stereocenters. The van der Waals surface area contributed by atoms with Crippen LogP contribution in [0.15, 0.2) is 17.0 Å². The van der Waals surface area contributed by atoms with Gasteiger partial charge in [-0.2, -0.15) is 0 Å². The summed E-state index contributed by atoms with van der Waals surface area (Å²) in [7, 11) is -0.997. The van der Waals surface area contributed by atoms with Gasteiger partial charge in [0.05, 0.1) is 20.7 Å². The molecule has 1 aromatic carbocycles. The molecule has 0 bridgehead atoms. The summed E-state index contributed by atoms with van der Waals surface area (Å²) in [5.41, 5.74) is 2.58. The first-order valence-electron chi connectivity index (χ1n) is 5.04. The molecule has 1 N–H and O–H groups in total. The maximum absolute atomic E-state index is 11.4. The molecule has 15 heavy (non-hydrogen) atoms. The molecule has 2 nitrogen and oxygen atoms in total. The van der Waals surface area contributed by atoms with Crippen molar-refractivity contribution in [2.75, 3.05) is 19.3 Å². The maximum Gasteiger partial charge on any atom is 0.0574 e. The SMILES string of the molecule is CS(=O)c1cc2c(cc1Cl)CCNCC2. The zero-order chi connectivity index (χ0) is 10.8. The fourth-order valence-corrected chi connectivity index (χ4v) is 3.05. The molecule has 1 aromatic rings. The van der Waals surface area contributed by atoms with E-state index >= 15 is 0 Å². The molecule has 0 fully saturated rings. The van der Waals surface area contributed by atoms with Gasteiger partial charge < -0.3 is 5.32 Å². The summed E-state index contributed by atoms with van der Waals surface area (Å²) in [5, 5.41) is 3.98. The van der Waals surface area contributed by atoms with E-state index in [-0.39, 0.29) is 0 Å². The van der Waals surface area contributed by atoms with Crippen molar-refractivity contribution in [3.8, 4) is 0 Å². The molecule has 4 heteroatoms. The first kappa shape index (κ1) is 11.1.